The van der Waals surface area contributed by atoms with Crippen LogP contribution in [-0.4, -0.2) is 40.1 Å². The monoisotopic (exact) mass is 612 g/mol. The second-order valence-corrected chi connectivity index (χ2v) is 12.6. The van der Waals surface area contributed by atoms with Gasteiger partial charge in [-0.2, -0.15) is 0 Å². The Morgan fingerprint density at radius 1 is 0.652 bits per heavy atom. The van der Waals surface area contributed by atoms with Gasteiger partial charge >= 0.3 is 5.97 Å². The van der Waals surface area contributed by atoms with Gasteiger partial charge in [-0.3, -0.25) is 9.97 Å². The number of aromatic carboxylic acids is 1. The molecule has 8 heteroatoms. The summed E-state index contributed by atoms with van der Waals surface area (Å²) in [6, 6.07) is 24.6. The molecule has 2 fully saturated rings. The lowest BCUT2D eigenvalue weighted by Crippen LogP contribution is -2.14. The maximum absolute atomic E-state index is 11.3. The van der Waals surface area contributed by atoms with Crippen molar-refractivity contribution in [3.05, 3.63) is 96.3 Å². The lowest BCUT2D eigenvalue weighted by atomic mass is 9.95. The van der Waals surface area contributed by atoms with Crippen LogP contribution < -0.4 is 0 Å². The lowest BCUT2D eigenvalue weighted by molar-refractivity contribution is 0.0697. The second kappa shape index (κ2) is 13.3. The van der Waals surface area contributed by atoms with Crippen molar-refractivity contribution in [1.82, 2.24) is 29.1 Å². The van der Waals surface area contributed by atoms with E-state index in [1.165, 1.54) is 62.4 Å². The number of hydrogen-bond donors (Lipinski definition) is 1. The number of pyridine rings is 2. The minimum Gasteiger partial charge on any atom is -0.478 e. The minimum absolute atomic E-state index is 0.267. The fourth-order valence-electron chi connectivity index (χ4n) is 7.21. The third kappa shape index (κ3) is 6.04. The van der Waals surface area contributed by atoms with Crippen LogP contribution in [0.1, 0.15) is 92.2 Å². The van der Waals surface area contributed by atoms with Crippen LogP contribution in [0.15, 0.2) is 85.2 Å². The van der Waals surface area contributed by atoms with Gasteiger partial charge in [0.2, 0.25) is 0 Å². The summed E-state index contributed by atoms with van der Waals surface area (Å²) in [4.78, 5) is 29.9. The van der Waals surface area contributed by atoms with Crippen molar-refractivity contribution in [3.63, 3.8) is 0 Å². The number of rotatable bonds is 5. The Bertz CT molecular complexity index is 1950. The van der Waals surface area contributed by atoms with Crippen LogP contribution in [0.4, 0.5) is 0 Å². The van der Waals surface area contributed by atoms with E-state index in [1.807, 2.05) is 42.6 Å². The van der Waals surface area contributed by atoms with E-state index in [4.69, 9.17) is 9.97 Å². The van der Waals surface area contributed by atoms with Crippen molar-refractivity contribution in [2.75, 3.05) is 0 Å². The zero-order valence-corrected chi connectivity index (χ0v) is 26.3. The average Bonchev–Trinajstić information content (AvgIpc) is 3.68. The first kappa shape index (κ1) is 29.8. The predicted molar refractivity (Wildman–Crippen MR) is 182 cm³/mol. The average molecular weight is 613 g/mol. The number of benzene rings is 2. The van der Waals surface area contributed by atoms with Crippen LogP contribution >= 0.6 is 0 Å². The van der Waals surface area contributed by atoms with Gasteiger partial charge in [-0.15, -0.1) is 0 Å². The van der Waals surface area contributed by atoms with Crippen LogP contribution in [0, 0.1) is 6.92 Å². The van der Waals surface area contributed by atoms with E-state index >= 15 is 0 Å². The number of aromatic nitrogens is 6. The number of aryl methyl sites for hydroxylation is 1. The van der Waals surface area contributed by atoms with Gasteiger partial charge in [-0.1, -0.05) is 56.7 Å². The molecule has 4 aromatic heterocycles. The fourth-order valence-corrected chi connectivity index (χ4v) is 7.21. The number of carboxylic acids is 1. The third-order valence-electron chi connectivity index (χ3n) is 9.45. The molecule has 234 valence electrons. The molecule has 0 spiro atoms. The fraction of sp³-hybridized carbons (Fsp3) is 0.342. The first-order valence-electron chi connectivity index (χ1n) is 16.6. The van der Waals surface area contributed by atoms with Crippen molar-refractivity contribution in [2.24, 2.45) is 0 Å². The van der Waals surface area contributed by atoms with E-state index in [0.717, 1.165) is 52.4 Å². The summed E-state index contributed by atoms with van der Waals surface area (Å²) in [5.41, 5.74) is 7.38. The van der Waals surface area contributed by atoms with Crippen LogP contribution in [0.2, 0.25) is 0 Å². The molecule has 1 N–H and O–H groups in total. The highest BCUT2D eigenvalue weighted by atomic mass is 16.4. The highest BCUT2D eigenvalue weighted by molar-refractivity contribution is 5.93. The van der Waals surface area contributed by atoms with E-state index in [-0.39, 0.29) is 5.56 Å². The molecule has 2 aromatic carbocycles. The molecule has 0 radical (unpaired) electrons. The molecule has 46 heavy (non-hydrogen) atoms. The third-order valence-corrected chi connectivity index (χ3v) is 9.45. The quantitative estimate of drug-likeness (QED) is 0.208. The Labute approximate surface area is 269 Å². The maximum atomic E-state index is 11.3. The molecule has 0 unspecified atom stereocenters. The molecule has 0 amide bonds. The predicted octanol–water partition coefficient (Wildman–Crippen LogP) is 9.21. The zero-order valence-electron chi connectivity index (χ0n) is 26.3. The molecule has 4 heterocycles. The summed E-state index contributed by atoms with van der Waals surface area (Å²) in [6.07, 6.45) is 16.1. The Hall–Kier alpha value is -4.85. The topological polar surface area (TPSA) is 98.7 Å². The van der Waals surface area contributed by atoms with Crippen LogP contribution in [0.3, 0.4) is 0 Å². The van der Waals surface area contributed by atoms with Crippen molar-refractivity contribution in [3.8, 4) is 23.0 Å². The Kier molecular flexibility index (Phi) is 8.59. The Morgan fingerprint density at radius 3 is 1.63 bits per heavy atom. The van der Waals surface area contributed by atoms with Crippen LogP contribution in [-0.2, 0) is 0 Å². The van der Waals surface area contributed by atoms with E-state index in [1.54, 1.807) is 18.3 Å². The summed E-state index contributed by atoms with van der Waals surface area (Å²) >= 11 is 0. The first-order valence-corrected chi connectivity index (χ1v) is 16.6. The van der Waals surface area contributed by atoms with Crippen molar-refractivity contribution < 1.29 is 9.90 Å². The number of imidazole rings is 2. The number of fused-ring (bicyclic) bond motifs is 2. The highest BCUT2D eigenvalue weighted by Crippen LogP contribution is 2.37. The van der Waals surface area contributed by atoms with Crippen LogP contribution in [0.25, 0.3) is 45.1 Å². The molecular weight excluding hydrogens is 572 g/mol. The van der Waals surface area contributed by atoms with Crippen LogP contribution in [0.5, 0.6) is 0 Å². The number of hydrogen-bond acceptors (Lipinski definition) is 5. The van der Waals surface area contributed by atoms with Gasteiger partial charge in [-0.05, 0) is 92.8 Å². The second-order valence-electron chi connectivity index (χ2n) is 12.6. The van der Waals surface area contributed by atoms with E-state index in [9.17, 15) is 9.90 Å². The zero-order chi connectivity index (χ0) is 31.5. The molecule has 8 nitrogen and oxygen atoms in total. The van der Waals surface area contributed by atoms with Gasteiger partial charge in [0.25, 0.3) is 0 Å². The number of carbonyl (C=O) groups is 1. The molecule has 2 aliphatic rings. The maximum Gasteiger partial charge on any atom is 0.335 e. The molecule has 0 saturated heterocycles. The van der Waals surface area contributed by atoms with Gasteiger partial charge in [0.05, 0.1) is 27.6 Å². The van der Waals surface area contributed by atoms with Gasteiger partial charge < -0.3 is 14.2 Å². The Balaban J connectivity index is 0.000000147. The van der Waals surface area contributed by atoms with Gasteiger partial charge in [0.15, 0.2) is 11.6 Å². The molecule has 0 aliphatic heterocycles. The Morgan fingerprint density at radius 2 is 1.15 bits per heavy atom. The molecule has 6 aromatic rings. The molecular formula is C38H40N6O2. The van der Waals surface area contributed by atoms with Gasteiger partial charge in [0, 0.05) is 24.5 Å². The van der Waals surface area contributed by atoms with Crippen molar-refractivity contribution >= 4 is 28.0 Å². The largest absolute Gasteiger partial charge is 0.478 e. The summed E-state index contributed by atoms with van der Waals surface area (Å²) in [6.45, 7) is 2.12. The molecule has 0 atom stereocenters. The summed E-state index contributed by atoms with van der Waals surface area (Å²) in [7, 11) is 0. The minimum atomic E-state index is -0.927. The van der Waals surface area contributed by atoms with E-state index in [0.29, 0.717) is 12.1 Å². The van der Waals surface area contributed by atoms with E-state index < -0.39 is 5.97 Å². The highest BCUT2D eigenvalue weighted by Gasteiger charge is 2.24. The normalized spacial score (nSPS) is 15.9. The molecule has 2 saturated carbocycles. The lowest BCUT2D eigenvalue weighted by Gasteiger charge is -2.25. The standard InChI is InChI=1S/C19H19N3O2.C19H21N3/c23-19(24)13-9-10-17-16(12-13)21-18(15-8-4-5-11-20-15)22(17)14-6-2-1-3-7-14;1-14-10-11-18-17(13-14)21-19(16-9-5-6-12-20-16)22(18)15-7-3-2-4-8-15/h4-5,8-12,14H,1-3,6-7H2,(H,23,24);5-6,9-13,15H,2-4,7-8H2,1H3. The van der Waals surface area contributed by atoms with Crippen molar-refractivity contribution in [2.45, 2.75) is 83.2 Å². The number of nitrogens with zero attached hydrogens (tertiary/aromatic N) is 6. The smallest absolute Gasteiger partial charge is 0.335 e. The first-order chi connectivity index (χ1) is 22.6. The van der Waals surface area contributed by atoms with Crippen molar-refractivity contribution in [1.29, 1.82) is 0 Å². The van der Waals surface area contributed by atoms with Gasteiger partial charge in [-0.25, -0.2) is 14.8 Å². The summed E-state index contributed by atoms with van der Waals surface area (Å²) in [5, 5.41) is 9.24. The summed E-state index contributed by atoms with van der Waals surface area (Å²) < 4.78 is 4.71. The summed E-state index contributed by atoms with van der Waals surface area (Å²) in [5.74, 6) is 0.927. The van der Waals surface area contributed by atoms with E-state index in [2.05, 4.69) is 50.3 Å². The SMILES string of the molecule is Cc1ccc2c(c1)nc(-c1ccccn1)n2C1CCCCC1.O=C(O)c1ccc2c(c1)nc(-c1ccccn1)n2C1CCCCC1. The molecule has 2 aliphatic carbocycles. The van der Waals surface area contributed by atoms with Gasteiger partial charge in [0.1, 0.15) is 11.4 Å². The number of carboxylic acid groups (broad SMARTS) is 1. The molecule has 8 rings (SSSR count). The molecule has 0 bridgehead atoms.